The molecule has 1 amide bonds. The van der Waals surface area contributed by atoms with Gasteiger partial charge in [0.2, 0.25) is 5.91 Å². The lowest BCUT2D eigenvalue weighted by atomic mass is 10.2. The molecule has 1 aromatic carbocycles. The minimum absolute atomic E-state index is 0. The Morgan fingerprint density at radius 1 is 1.32 bits per heavy atom. The van der Waals surface area contributed by atoms with Crippen LogP contribution in [0.2, 0.25) is 0 Å². The van der Waals surface area contributed by atoms with Crippen molar-refractivity contribution >= 4 is 55.3 Å². The standard InChI is InChI=1S/C14H16N2O3S2.BrH/c1-2-13(17)15-14-16(10-6-4-3-5-7-10)11-8-21(18,19)9-12(11)20-14;/h3-7,11-12H,2,8-9H2,1H3;1H. The highest BCUT2D eigenvalue weighted by molar-refractivity contribution is 8.93. The van der Waals surface area contributed by atoms with E-state index in [0.29, 0.717) is 11.6 Å². The van der Waals surface area contributed by atoms with Crippen molar-refractivity contribution in [3.8, 4) is 0 Å². The highest BCUT2D eigenvalue weighted by Gasteiger charge is 2.49. The molecule has 120 valence electrons. The van der Waals surface area contributed by atoms with Crippen LogP contribution in [0.3, 0.4) is 0 Å². The number of benzene rings is 1. The van der Waals surface area contributed by atoms with E-state index in [-0.39, 0.29) is 45.7 Å². The molecule has 0 saturated carbocycles. The predicted molar refractivity (Wildman–Crippen MR) is 95.8 cm³/mol. The van der Waals surface area contributed by atoms with E-state index in [4.69, 9.17) is 0 Å². The van der Waals surface area contributed by atoms with Gasteiger partial charge in [-0.3, -0.25) is 4.79 Å². The number of thioether (sulfide) groups is 1. The first-order valence-corrected chi connectivity index (χ1v) is 9.53. The third-order valence-corrected chi connectivity index (χ3v) is 6.83. The van der Waals surface area contributed by atoms with Gasteiger partial charge in [0.05, 0.1) is 17.5 Å². The molecule has 0 aromatic heterocycles. The summed E-state index contributed by atoms with van der Waals surface area (Å²) in [5.74, 6) is 0.102. The Balaban J connectivity index is 0.00000176. The molecular formula is C14H17BrN2O3S2. The van der Waals surface area contributed by atoms with Crippen molar-refractivity contribution in [2.24, 2.45) is 4.99 Å². The molecule has 1 aromatic rings. The molecule has 22 heavy (non-hydrogen) atoms. The summed E-state index contributed by atoms with van der Waals surface area (Å²) < 4.78 is 23.7. The van der Waals surface area contributed by atoms with E-state index in [2.05, 4.69) is 4.99 Å². The smallest absolute Gasteiger partial charge is 0.247 e. The topological polar surface area (TPSA) is 66.8 Å². The zero-order valence-electron chi connectivity index (χ0n) is 12.0. The van der Waals surface area contributed by atoms with Crippen molar-refractivity contribution in [1.82, 2.24) is 0 Å². The number of sulfone groups is 1. The number of rotatable bonds is 2. The molecule has 2 saturated heterocycles. The number of fused-ring (bicyclic) bond motifs is 1. The van der Waals surface area contributed by atoms with Crippen molar-refractivity contribution in [2.75, 3.05) is 16.4 Å². The molecular weight excluding hydrogens is 388 g/mol. The van der Waals surface area contributed by atoms with Crippen LogP contribution in [0, 0.1) is 0 Å². The van der Waals surface area contributed by atoms with Crippen LogP contribution in [0.1, 0.15) is 13.3 Å². The minimum atomic E-state index is -3.01. The van der Waals surface area contributed by atoms with Crippen molar-refractivity contribution in [3.63, 3.8) is 0 Å². The first-order chi connectivity index (χ1) is 10.00. The fourth-order valence-electron chi connectivity index (χ4n) is 2.64. The third kappa shape index (κ3) is 3.38. The van der Waals surface area contributed by atoms with Gasteiger partial charge >= 0.3 is 0 Å². The van der Waals surface area contributed by atoms with Crippen LogP contribution in [-0.2, 0) is 14.6 Å². The summed E-state index contributed by atoms with van der Waals surface area (Å²) in [6, 6.07) is 9.40. The summed E-state index contributed by atoms with van der Waals surface area (Å²) in [7, 11) is -3.01. The Morgan fingerprint density at radius 2 is 2.00 bits per heavy atom. The van der Waals surface area contributed by atoms with E-state index in [0.717, 1.165) is 5.69 Å². The summed E-state index contributed by atoms with van der Waals surface area (Å²) in [4.78, 5) is 17.7. The monoisotopic (exact) mass is 404 g/mol. The van der Waals surface area contributed by atoms with Crippen LogP contribution in [0.25, 0.3) is 0 Å². The summed E-state index contributed by atoms with van der Waals surface area (Å²) in [6.45, 7) is 1.77. The maximum Gasteiger partial charge on any atom is 0.247 e. The van der Waals surface area contributed by atoms with Gasteiger partial charge in [0.25, 0.3) is 0 Å². The predicted octanol–water partition coefficient (Wildman–Crippen LogP) is 2.28. The fraction of sp³-hybridized carbons (Fsp3) is 0.429. The summed E-state index contributed by atoms with van der Waals surface area (Å²) in [6.07, 6.45) is 0.348. The molecule has 2 unspecified atom stereocenters. The van der Waals surface area contributed by atoms with E-state index < -0.39 is 9.84 Å². The highest BCUT2D eigenvalue weighted by atomic mass is 79.9. The number of carbonyl (C=O) groups excluding carboxylic acids is 1. The zero-order chi connectivity index (χ0) is 15.0. The normalized spacial score (nSPS) is 27.5. The van der Waals surface area contributed by atoms with E-state index in [1.807, 2.05) is 35.2 Å². The van der Waals surface area contributed by atoms with Crippen molar-refractivity contribution in [1.29, 1.82) is 0 Å². The first kappa shape index (κ1) is 17.5. The van der Waals surface area contributed by atoms with Gasteiger partial charge in [-0.2, -0.15) is 4.99 Å². The molecule has 3 rings (SSSR count). The van der Waals surface area contributed by atoms with Crippen LogP contribution in [0.5, 0.6) is 0 Å². The van der Waals surface area contributed by atoms with E-state index in [1.165, 1.54) is 11.8 Å². The third-order valence-electron chi connectivity index (χ3n) is 3.62. The Hall–Kier alpha value is -0.860. The number of para-hydroxylation sites is 1. The molecule has 5 nitrogen and oxygen atoms in total. The first-order valence-electron chi connectivity index (χ1n) is 6.83. The van der Waals surface area contributed by atoms with Gasteiger partial charge in [0.1, 0.15) is 0 Å². The minimum Gasteiger partial charge on any atom is -0.316 e. The van der Waals surface area contributed by atoms with Crippen LogP contribution in [0.15, 0.2) is 35.3 Å². The maximum absolute atomic E-state index is 11.9. The number of amides is 1. The molecule has 2 fully saturated rings. The van der Waals surface area contributed by atoms with Crippen LogP contribution >= 0.6 is 28.7 Å². The Kier molecular flexibility index (Phi) is 5.34. The Morgan fingerprint density at radius 3 is 2.64 bits per heavy atom. The number of aliphatic imine (C=N–C) groups is 1. The average Bonchev–Trinajstić information content (AvgIpc) is 2.90. The lowest BCUT2D eigenvalue weighted by molar-refractivity contribution is -0.117. The zero-order valence-corrected chi connectivity index (χ0v) is 15.4. The molecule has 0 aliphatic carbocycles. The molecule has 0 bridgehead atoms. The number of hydrogen-bond acceptors (Lipinski definition) is 4. The number of anilines is 1. The Bertz CT molecular complexity index is 691. The van der Waals surface area contributed by atoms with Crippen molar-refractivity contribution < 1.29 is 13.2 Å². The summed E-state index contributed by atoms with van der Waals surface area (Å²) in [5, 5.41) is 0.580. The summed E-state index contributed by atoms with van der Waals surface area (Å²) in [5.41, 5.74) is 0.886. The number of hydrogen-bond donors (Lipinski definition) is 0. The molecule has 8 heteroatoms. The van der Waals surface area contributed by atoms with Crippen molar-refractivity contribution in [2.45, 2.75) is 24.6 Å². The van der Waals surface area contributed by atoms with E-state index in [1.54, 1.807) is 6.92 Å². The second-order valence-corrected chi connectivity index (χ2v) is 8.51. The average molecular weight is 405 g/mol. The number of halogens is 1. The van der Waals surface area contributed by atoms with Crippen LogP contribution in [0.4, 0.5) is 5.69 Å². The Labute approximate surface area is 144 Å². The maximum atomic E-state index is 11.9. The highest BCUT2D eigenvalue weighted by Crippen LogP contribution is 2.40. The lowest BCUT2D eigenvalue weighted by Crippen LogP contribution is -2.37. The van der Waals surface area contributed by atoms with Gasteiger partial charge in [-0.15, -0.1) is 17.0 Å². The van der Waals surface area contributed by atoms with Gasteiger partial charge < -0.3 is 4.90 Å². The van der Waals surface area contributed by atoms with Gasteiger partial charge in [0.15, 0.2) is 15.0 Å². The van der Waals surface area contributed by atoms with E-state index >= 15 is 0 Å². The molecule has 0 spiro atoms. The van der Waals surface area contributed by atoms with Crippen LogP contribution in [-0.4, -0.2) is 42.3 Å². The fourth-order valence-corrected chi connectivity index (χ4v) is 6.57. The van der Waals surface area contributed by atoms with Crippen molar-refractivity contribution in [3.05, 3.63) is 30.3 Å². The van der Waals surface area contributed by atoms with Crippen LogP contribution < -0.4 is 4.90 Å². The summed E-state index contributed by atoms with van der Waals surface area (Å²) >= 11 is 1.41. The molecule has 2 aliphatic heterocycles. The molecule has 0 radical (unpaired) electrons. The second-order valence-electron chi connectivity index (χ2n) is 5.15. The SMILES string of the molecule is Br.CCC(=O)N=C1SC2CS(=O)(=O)CC2N1c1ccccc1. The van der Waals surface area contributed by atoms with Gasteiger partial charge in [-0.25, -0.2) is 8.42 Å². The van der Waals surface area contributed by atoms with Gasteiger partial charge in [0, 0.05) is 17.4 Å². The molecule has 2 aliphatic rings. The number of nitrogens with zero attached hydrogens (tertiary/aromatic N) is 2. The van der Waals surface area contributed by atoms with Gasteiger partial charge in [-0.1, -0.05) is 36.9 Å². The number of amidine groups is 1. The molecule has 0 N–H and O–H groups in total. The second kappa shape index (κ2) is 6.72. The quantitative estimate of drug-likeness (QED) is 0.755. The number of carbonyl (C=O) groups is 1. The van der Waals surface area contributed by atoms with Gasteiger partial charge in [-0.05, 0) is 12.1 Å². The molecule has 2 heterocycles. The van der Waals surface area contributed by atoms with E-state index in [9.17, 15) is 13.2 Å². The lowest BCUT2D eigenvalue weighted by Gasteiger charge is -2.24. The molecule has 2 atom stereocenters. The largest absolute Gasteiger partial charge is 0.316 e.